The van der Waals surface area contributed by atoms with E-state index in [-0.39, 0.29) is 23.7 Å². The molecule has 1 amide bonds. The second kappa shape index (κ2) is 7.79. The first-order chi connectivity index (χ1) is 12.2. The van der Waals surface area contributed by atoms with Crippen LogP contribution in [0.2, 0.25) is 5.02 Å². The summed E-state index contributed by atoms with van der Waals surface area (Å²) in [5.74, 6) is -2.25. The monoisotopic (exact) mass is 384 g/mol. The van der Waals surface area contributed by atoms with Crippen molar-refractivity contribution in [3.63, 3.8) is 0 Å². The first-order valence-corrected chi connectivity index (χ1v) is 7.95. The molecule has 0 radical (unpaired) electrons. The number of aromatic nitrogens is 3. The summed E-state index contributed by atoms with van der Waals surface area (Å²) in [5.41, 5.74) is -0.281. The van der Waals surface area contributed by atoms with E-state index in [4.69, 9.17) is 21.4 Å². The number of carboxylic acid groups (broad SMARTS) is 1. The molecule has 0 bridgehead atoms. The Balaban J connectivity index is 2.29. The Morgan fingerprint density at radius 3 is 2.73 bits per heavy atom. The molecule has 0 saturated carbocycles. The van der Waals surface area contributed by atoms with Gasteiger partial charge in [-0.05, 0) is 32.0 Å². The van der Waals surface area contributed by atoms with Crippen LogP contribution in [-0.4, -0.2) is 51.2 Å². The van der Waals surface area contributed by atoms with Crippen molar-refractivity contribution in [2.45, 2.75) is 25.8 Å². The second-order valence-corrected chi connectivity index (χ2v) is 6.46. The molecule has 2 aromatic rings. The molecule has 0 saturated heterocycles. The number of aliphatic carboxylic acids is 1. The molecule has 1 heterocycles. The lowest BCUT2D eigenvalue weighted by molar-refractivity contribution is -0.139. The van der Waals surface area contributed by atoms with E-state index in [1.165, 1.54) is 30.0 Å². The summed E-state index contributed by atoms with van der Waals surface area (Å²) in [6.07, 6.45) is -0.326. The summed E-state index contributed by atoms with van der Waals surface area (Å²) in [6.45, 7) is 3.17. The zero-order chi connectivity index (χ0) is 19.5. The molecule has 2 N–H and O–H groups in total. The smallest absolute Gasteiger partial charge is 0.305 e. The summed E-state index contributed by atoms with van der Waals surface area (Å²) >= 11 is 5.77. The van der Waals surface area contributed by atoms with Crippen LogP contribution in [0.4, 0.5) is 4.39 Å². The Hall–Kier alpha value is -2.52. The minimum Gasteiger partial charge on any atom is -0.481 e. The molecule has 2 rings (SSSR count). The number of ether oxygens (including phenoxy) is 1. The molecule has 0 aliphatic rings. The lowest BCUT2D eigenvalue weighted by atomic mass is 9.98. The summed E-state index contributed by atoms with van der Waals surface area (Å²) in [4.78, 5) is 23.6. The van der Waals surface area contributed by atoms with Gasteiger partial charge in [0, 0.05) is 7.11 Å². The number of methoxy groups -OCH3 is 1. The molecule has 0 aliphatic heterocycles. The number of carbonyl (C=O) groups excluding carboxylic acids is 1. The fraction of sp³-hybridized carbons (Fsp3) is 0.375. The molecule has 1 atom stereocenters. The highest BCUT2D eigenvalue weighted by Crippen LogP contribution is 2.20. The average molecular weight is 385 g/mol. The number of carboxylic acids is 1. The van der Waals surface area contributed by atoms with Crippen LogP contribution in [0.15, 0.2) is 18.2 Å². The van der Waals surface area contributed by atoms with Gasteiger partial charge in [0.25, 0.3) is 5.91 Å². The van der Waals surface area contributed by atoms with E-state index in [1.54, 1.807) is 13.8 Å². The predicted molar refractivity (Wildman–Crippen MR) is 91.1 cm³/mol. The van der Waals surface area contributed by atoms with Crippen LogP contribution in [0, 0.1) is 12.7 Å². The summed E-state index contributed by atoms with van der Waals surface area (Å²) in [5, 5.41) is 19.3. The molecular weight excluding hydrogens is 367 g/mol. The highest BCUT2D eigenvalue weighted by atomic mass is 35.5. The van der Waals surface area contributed by atoms with E-state index in [2.05, 4.69) is 15.6 Å². The standard InChI is InChI=1S/C16H18ClFN4O4/c1-9-14(15(25)19-16(2,8-26-3)7-13(23)24)20-21-22(9)10-4-5-12(18)11(17)6-10/h4-6H,7-8H2,1-3H3,(H,19,25)(H,23,24). The van der Waals surface area contributed by atoms with Gasteiger partial charge in [-0.3, -0.25) is 9.59 Å². The van der Waals surface area contributed by atoms with Crippen molar-refractivity contribution in [3.8, 4) is 5.69 Å². The maximum Gasteiger partial charge on any atom is 0.305 e. The Kier molecular flexibility index (Phi) is 5.94. The van der Waals surface area contributed by atoms with Gasteiger partial charge in [0.2, 0.25) is 0 Å². The van der Waals surface area contributed by atoms with Crippen molar-refractivity contribution < 1.29 is 23.8 Å². The molecule has 0 spiro atoms. The van der Waals surface area contributed by atoms with Gasteiger partial charge in [0.1, 0.15) is 5.82 Å². The van der Waals surface area contributed by atoms with Crippen LogP contribution in [0.5, 0.6) is 0 Å². The Bertz CT molecular complexity index is 842. The Morgan fingerprint density at radius 1 is 1.46 bits per heavy atom. The van der Waals surface area contributed by atoms with E-state index < -0.39 is 23.2 Å². The SMILES string of the molecule is COCC(C)(CC(=O)O)NC(=O)c1nnn(-c2ccc(F)c(Cl)c2)c1C. The largest absolute Gasteiger partial charge is 0.481 e. The quantitative estimate of drug-likeness (QED) is 0.756. The number of benzene rings is 1. The lowest BCUT2D eigenvalue weighted by Gasteiger charge is -2.28. The second-order valence-electron chi connectivity index (χ2n) is 6.05. The number of hydrogen-bond donors (Lipinski definition) is 2. The number of amides is 1. The predicted octanol–water partition coefficient (Wildman–Crippen LogP) is 1.98. The molecule has 140 valence electrons. The van der Waals surface area contributed by atoms with E-state index in [9.17, 15) is 14.0 Å². The van der Waals surface area contributed by atoms with Gasteiger partial charge in [-0.15, -0.1) is 5.10 Å². The maximum absolute atomic E-state index is 13.3. The van der Waals surface area contributed by atoms with Gasteiger partial charge in [-0.2, -0.15) is 0 Å². The first kappa shape index (κ1) is 19.8. The third-order valence-electron chi connectivity index (χ3n) is 3.68. The van der Waals surface area contributed by atoms with Crippen molar-refractivity contribution in [2.75, 3.05) is 13.7 Å². The summed E-state index contributed by atoms with van der Waals surface area (Å²) in [7, 11) is 1.41. The van der Waals surface area contributed by atoms with Crippen LogP contribution < -0.4 is 5.32 Å². The van der Waals surface area contributed by atoms with Gasteiger partial charge in [-0.1, -0.05) is 16.8 Å². The van der Waals surface area contributed by atoms with Crippen LogP contribution in [0.1, 0.15) is 29.5 Å². The minimum atomic E-state index is -1.12. The van der Waals surface area contributed by atoms with Crippen molar-refractivity contribution in [3.05, 3.63) is 40.4 Å². The number of halogens is 2. The number of nitrogens with one attached hydrogen (secondary N) is 1. The number of carbonyl (C=O) groups is 2. The maximum atomic E-state index is 13.3. The van der Waals surface area contributed by atoms with Gasteiger partial charge >= 0.3 is 5.97 Å². The highest BCUT2D eigenvalue weighted by Gasteiger charge is 2.31. The average Bonchev–Trinajstić information content (AvgIpc) is 2.91. The van der Waals surface area contributed by atoms with Crippen LogP contribution in [0.3, 0.4) is 0 Å². The fourth-order valence-corrected chi connectivity index (χ4v) is 2.69. The minimum absolute atomic E-state index is 0.00575. The van der Waals surface area contributed by atoms with Gasteiger partial charge < -0.3 is 15.2 Å². The molecular formula is C16H18ClFN4O4. The van der Waals surface area contributed by atoms with Crippen LogP contribution in [-0.2, 0) is 9.53 Å². The number of hydrogen-bond acceptors (Lipinski definition) is 5. The number of rotatable bonds is 7. The third kappa shape index (κ3) is 4.36. The third-order valence-corrected chi connectivity index (χ3v) is 3.97. The Labute approximate surface area is 153 Å². The molecule has 10 heteroatoms. The molecule has 0 aliphatic carbocycles. The topological polar surface area (TPSA) is 106 Å². The molecule has 8 nitrogen and oxygen atoms in total. The van der Waals surface area contributed by atoms with Crippen LogP contribution >= 0.6 is 11.6 Å². The zero-order valence-corrected chi connectivity index (χ0v) is 15.2. The molecule has 1 aromatic heterocycles. The van der Waals surface area contributed by atoms with Gasteiger partial charge in [-0.25, -0.2) is 9.07 Å². The Morgan fingerprint density at radius 2 is 2.15 bits per heavy atom. The van der Waals surface area contributed by atoms with Crippen molar-refractivity contribution in [1.82, 2.24) is 20.3 Å². The first-order valence-electron chi connectivity index (χ1n) is 7.58. The molecule has 1 aromatic carbocycles. The van der Waals surface area contributed by atoms with Crippen molar-refractivity contribution in [1.29, 1.82) is 0 Å². The summed E-state index contributed by atoms with van der Waals surface area (Å²) < 4.78 is 19.7. The van der Waals surface area contributed by atoms with E-state index in [1.807, 2.05) is 0 Å². The van der Waals surface area contributed by atoms with Crippen molar-refractivity contribution >= 4 is 23.5 Å². The number of nitrogens with zero attached hydrogens (tertiary/aromatic N) is 3. The van der Waals surface area contributed by atoms with Crippen LogP contribution in [0.25, 0.3) is 5.69 Å². The van der Waals surface area contributed by atoms with E-state index in [0.717, 1.165) is 0 Å². The fourth-order valence-electron chi connectivity index (χ4n) is 2.52. The van der Waals surface area contributed by atoms with E-state index >= 15 is 0 Å². The van der Waals surface area contributed by atoms with Gasteiger partial charge in [0.15, 0.2) is 5.69 Å². The van der Waals surface area contributed by atoms with Gasteiger partial charge in [0.05, 0.1) is 35.0 Å². The summed E-state index contributed by atoms with van der Waals surface area (Å²) in [6, 6.07) is 3.99. The lowest BCUT2D eigenvalue weighted by Crippen LogP contribution is -2.51. The van der Waals surface area contributed by atoms with E-state index in [0.29, 0.717) is 11.4 Å². The zero-order valence-electron chi connectivity index (χ0n) is 14.4. The highest BCUT2D eigenvalue weighted by molar-refractivity contribution is 6.30. The molecule has 0 fully saturated rings. The van der Waals surface area contributed by atoms with Crippen molar-refractivity contribution in [2.24, 2.45) is 0 Å². The molecule has 26 heavy (non-hydrogen) atoms. The normalized spacial score (nSPS) is 13.3. The molecule has 1 unspecified atom stereocenters.